The molecule has 15 heavy (non-hydrogen) atoms. The van der Waals surface area contributed by atoms with Gasteiger partial charge in [0.25, 0.3) is 0 Å². The fraction of sp³-hybridized carbons (Fsp3) is 0.333. The predicted molar refractivity (Wildman–Crippen MR) is 58.1 cm³/mol. The van der Waals surface area contributed by atoms with Crippen molar-refractivity contribution in [3.05, 3.63) is 30.0 Å². The maximum atomic E-state index is 5.02. The number of rotatable bonds is 2. The monoisotopic (exact) mass is 200 g/mol. The molecule has 3 rings (SSSR count). The van der Waals surface area contributed by atoms with E-state index in [1.165, 1.54) is 18.4 Å². The van der Waals surface area contributed by atoms with Gasteiger partial charge in [-0.3, -0.25) is 0 Å². The van der Waals surface area contributed by atoms with E-state index in [4.69, 9.17) is 4.74 Å². The van der Waals surface area contributed by atoms with Crippen LogP contribution in [0.2, 0.25) is 0 Å². The number of hydrogen-bond donors (Lipinski definition) is 0. The zero-order valence-corrected chi connectivity index (χ0v) is 8.60. The average molecular weight is 200 g/mol. The number of benzene rings is 1. The van der Waals surface area contributed by atoms with E-state index >= 15 is 0 Å². The van der Waals surface area contributed by atoms with Gasteiger partial charge in [-0.25, -0.2) is 4.98 Å². The summed E-state index contributed by atoms with van der Waals surface area (Å²) >= 11 is 0. The van der Waals surface area contributed by atoms with Crippen LogP contribution in [0.1, 0.15) is 24.3 Å². The molecular weight excluding hydrogens is 188 g/mol. The highest BCUT2D eigenvalue weighted by molar-refractivity contribution is 5.78. The lowest BCUT2D eigenvalue weighted by molar-refractivity contribution is 0.382. The highest BCUT2D eigenvalue weighted by Gasteiger charge is 2.23. The summed E-state index contributed by atoms with van der Waals surface area (Å²) in [6.45, 7) is 0. The Kier molecular flexibility index (Phi) is 1.84. The number of nitrogens with zero attached hydrogens (tertiary/aromatic N) is 2. The zero-order chi connectivity index (χ0) is 10.3. The van der Waals surface area contributed by atoms with Crippen LogP contribution in [0, 0.1) is 0 Å². The van der Waals surface area contributed by atoms with Gasteiger partial charge in [-0.05, 0) is 30.4 Å². The molecule has 0 bridgehead atoms. The normalized spacial score (nSPS) is 15.5. The van der Waals surface area contributed by atoms with E-state index in [0.29, 0.717) is 6.01 Å². The number of methoxy groups -OCH3 is 1. The first-order valence-corrected chi connectivity index (χ1v) is 5.17. The van der Waals surface area contributed by atoms with Crippen molar-refractivity contribution in [2.75, 3.05) is 7.11 Å². The van der Waals surface area contributed by atoms with Gasteiger partial charge in [-0.2, -0.15) is 4.98 Å². The fourth-order valence-corrected chi connectivity index (χ4v) is 1.79. The Balaban J connectivity index is 2.14. The topological polar surface area (TPSA) is 35.0 Å². The molecule has 1 aliphatic rings. The third-order valence-electron chi connectivity index (χ3n) is 2.82. The summed E-state index contributed by atoms with van der Waals surface area (Å²) in [5, 5.41) is 1.07. The molecule has 1 saturated carbocycles. The molecule has 1 aliphatic carbocycles. The Morgan fingerprint density at radius 3 is 2.93 bits per heavy atom. The molecule has 0 amide bonds. The third kappa shape index (κ3) is 1.54. The van der Waals surface area contributed by atoms with Crippen LogP contribution in [0.15, 0.2) is 24.4 Å². The molecule has 0 saturated heterocycles. The summed E-state index contributed by atoms with van der Waals surface area (Å²) in [6, 6.07) is 6.85. The molecule has 1 aromatic heterocycles. The second-order valence-electron chi connectivity index (χ2n) is 3.95. The first-order chi connectivity index (χ1) is 7.36. The van der Waals surface area contributed by atoms with Crippen molar-refractivity contribution in [1.82, 2.24) is 9.97 Å². The van der Waals surface area contributed by atoms with E-state index in [1.807, 2.05) is 0 Å². The molecule has 1 heterocycles. The number of aromatic nitrogens is 2. The summed E-state index contributed by atoms with van der Waals surface area (Å²) in [5.41, 5.74) is 2.37. The lowest BCUT2D eigenvalue weighted by Crippen LogP contribution is -1.92. The Morgan fingerprint density at radius 1 is 1.33 bits per heavy atom. The Labute approximate surface area is 88.1 Å². The van der Waals surface area contributed by atoms with Crippen molar-refractivity contribution >= 4 is 10.9 Å². The summed E-state index contributed by atoms with van der Waals surface area (Å²) in [7, 11) is 1.59. The molecule has 3 nitrogen and oxygen atoms in total. The minimum atomic E-state index is 0.440. The first kappa shape index (κ1) is 8.65. The molecule has 2 aromatic rings. The average Bonchev–Trinajstić information content (AvgIpc) is 3.11. The van der Waals surface area contributed by atoms with Crippen molar-refractivity contribution in [2.45, 2.75) is 18.8 Å². The van der Waals surface area contributed by atoms with Crippen LogP contribution in [0.25, 0.3) is 10.9 Å². The molecule has 0 spiro atoms. The first-order valence-electron chi connectivity index (χ1n) is 5.17. The summed E-state index contributed by atoms with van der Waals surface area (Å²) in [5.74, 6) is 0.760. The summed E-state index contributed by atoms with van der Waals surface area (Å²) < 4.78 is 5.02. The second-order valence-corrected chi connectivity index (χ2v) is 3.95. The molecule has 1 fully saturated rings. The van der Waals surface area contributed by atoms with Crippen molar-refractivity contribution in [2.24, 2.45) is 0 Å². The zero-order valence-electron chi connectivity index (χ0n) is 8.60. The van der Waals surface area contributed by atoms with Gasteiger partial charge in [-0.15, -0.1) is 0 Å². The highest BCUT2D eigenvalue weighted by atomic mass is 16.5. The van der Waals surface area contributed by atoms with E-state index < -0.39 is 0 Å². The van der Waals surface area contributed by atoms with Crippen LogP contribution >= 0.6 is 0 Å². The molecule has 0 unspecified atom stereocenters. The Morgan fingerprint density at radius 2 is 2.20 bits per heavy atom. The lowest BCUT2D eigenvalue weighted by atomic mass is 10.1. The Bertz CT molecular complexity index is 506. The van der Waals surface area contributed by atoms with Crippen LogP contribution in [0.4, 0.5) is 0 Å². The van der Waals surface area contributed by atoms with Crippen molar-refractivity contribution in [3.8, 4) is 6.01 Å². The standard InChI is InChI=1S/C12H12N2O/c1-15-12-13-7-10-5-4-9(8-2-3-8)6-11(10)14-12/h4-8H,2-3H2,1H3. The quantitative estimate of drug-likeness (QED) is 0.747. The SMILES string of the molecule is COc1ncc2ccc(C3CC3)cc2n1. The van der Waals surface area contributed by atoms with E-state index in [2.05, 4.69) is 28.2 Å². The van der Waals surface area contributed by atoms with Crippen LogP contribution in [0.5, 0.6) is 6.01 Å². The molecule has 1 aromatic carbocycles. The van der Waals surface area contributed by atoms with Gasteiger partial charge < -0.3 is 4.74 Å². The number of ether oxygens (including phenoxy) is 1. The van der Waals surface area contributed by atoms with Crippen molar-refractivity contribution in [3.63, 3.8) is 0 Å². The maximum Gasteiger partial charge on any atom is 0.316 e. The van der Waals surface area contributed by atoms with E-state index in [0.717, 1.165) is 16.8 Å². The van der Waals surface area contributed by atoms with Crippen LogP contribution in [-0.2, 0) is 0 Å². The van der Waals surface area contributed by atoms with Gasteiger partial charge in [0.2, 0.25) is 0 Å². The van der Waals surface area contributed by atoms with E-state index in [1.54, 1.807) is 13.3 Å². The van der Waals surface area contributed by atoms with Crippen LogP contribution < -0.4 is 4.74 Å². The second kappa shape index (κ2) is 3.19. The third-order valence-corrected chi connectivity index (χ3v) is 2.82. The highest BCUT2D eigenvalue weighted by Crippen LogP contribution is 2.40. The molecule has 0 N–H and O–H groups in total. The molecule has 76 valence electrons. The van der Waals surface area contributed by atoms with Gasteiger partial charge >= 0.3 is 6.01 Å². The summed E-state index contributed by atoms with van der Waals surface area (Å²) in [4.78, 5) is 8.41. The predicted octanol–water partition coefficient (Wildman–Crippen LogP) is 2.52. The van der Waals surface area contributed by atoms with Crippen molar-refractivity contribution < 1.29 is 4.74 Å². The Hall–Kier alpha value is -1.64. The van der Waals surface area contributed by atoms with Gasteiger partial charge in [0.1, 0.15) is 0 Å². The smallest absolute Gasteiger partial charge is 0.316 e. The molecule has 0 atom stereocenters. The number of fused-ring (bicyclic) bond motifs is 1. The van der Waals surface area contributed by atoms with Gasteiger partial charge in [-0.1, -0.05) is 12.1 Å². The minimum absolute atomic E-state index is 0.440. The van der Waals surface area contributed by atoms with Gasteiger partial charge in [0, 0.05) is 11.6 Å². The molecule has 0 aliphatic heterocycles. The van der Waals surface area contributed by atoms with Crippen LogP contribution in [-0.4, -0.2) is 17.1 Å². The van der Waals surface area contributed by atoms with E-state index in [9.17, 15) is 0 Å². The molecule has 3 heteroatoms. The van der Waals surface area contributed by atoms with Gasteiger partial charge in [0.05, 0.1) is 12.6 Å². The molecular formula is C12H12N2O. The largest absolute Gasteiger partial charge is 0.467 e. The minimum Gasteiger partial charge on any atom is -0.467 e. The lowest BCUT2D eigenvalue weighted by Gasteiger charge is -2.02. The number of hydrogen-bond acceptors (Lipinski definition) is 3. The maximum absolute atomic E-state index is 5.02. The fourth-order valence-electron chi connectivity index (χ4n) is 1.79. The van der Waals surface area contributed by atoms with E-state index in [-0.39, 0.29) is 0 Å². The summed E-state index contributed by atoms with van der Waals surface area (Å²) in [6.07, 6.45) is 4.43. The van der Waals surface area contributed by atoms with Gasteiger partial charge in [0.15, 0.2) is 0 Å². The molecule has 0 radical (unpaired) electrons. The van der Waals surface area contributed by atoms with Crippen molar-refractivity contribution in [1.29, 1.82) is 0 Å². The van der Waals surface area contributed by atoms with Crippen LogP contribution in [0.3, 0.4) is 0 Å².